The van der Waals surface area contributed by atoms with Crippen LogP contribution in [0.25, 0.3) is 0 Å². The third-order valence-corrected chi connectivity index (χ3v) is 5.51. The van der Waals surface area contributed by atoms with E-state index < -0.39 is 0 Å². The predicted octanol–water partition coefficient (Wildman–Crippen LogP) is 3.78. The average Bonchev–Trinajstić information content (AvgIpc) is 2.46. The van der Waals surface area contributed by atoms with Gasteiger partial charge in [0, 0.05) is 17.0 Å². The Bertz CT molecular complexity index is 484. The number of hydrogen-bond donors (Lipinski definition) is 1. The lowest BCUT2D eigenvalue weighted by Crippen LogP contribution is -2.43. The topological polar surface area (TPSA) is 30.5 Å². The summed E-state index contributed by atoms with van der Waals surface area (Å²) in [6.45, 7) is 4.36. The molecule has 2 heterocycles. The van der Waals surface area contributed by atoms with Crippen LogP contribution in [0.2, 0.25) is 0 Å². The minimum absolute atomic E-state index is 0.356. The van der Waals surface area contributed by atoms with Crippen LogP contribution in [0, 0.1) is 0 Å². The van der Waals surface area contributed by atoms with Crippen molar-refractivity contribution in [2.75, 3.05) is 12.9 Å². The highest BCUT2D eigenvalue weighted by atomic mass is 32.2. The minimum Gasteiger partial charge on any atom is -0.497 e. The summed E-state index contributed by atoms with van der Waals surface area (Å²) in [7, 11) is 1.74. The first-order valence-electron chi connectivity index (χ1n) is 7.88. The molecule has 1 aromatic rings. The molecule has 3 rings (SSSR count). The lowest BCUT2D eigenvalue weighted by Gasteiger charge is -2.36. The van der Waals surface area contributed by atoms with Crippen molar-refractivity contribution in [2.45, 2.75) is 62.3 Å². The maximum absolute atomic E-state index is 5.85. The van der Waals surface area contributed by atoms with Crippen molar-refractivity contribution in [2.24, 2.45) is 0 Å². The normalized spacial score (nSPS) is 32.5. The van der Waals surface area contributed by atoms with Crippen LogP contribution in [0.3, 0.4) is 0 Å². The van der Waals surface area contributed by atoms with Crippen LogP contribution in [0.4, 0.5) is 0 Å². The molecule has 0 spiro atoms. The van der Waals surface area contributed by atoms with E-state index in [1.54, 1.807) is 7.11 Å². The van der Waals surface area contributed by atoms with Gasteiger partial charge in [-0.3, -0.25) is 0 Å². The SMILES string of the molecule is COc1ccc2c(c1)C(NC1CC(C)OC(C)C1)CCS2. The van der Waals surface area contributed by atoms with E-state index in [-0.39, 0.29) is 0 Å². The second kappa shape index (κ2) is 6.59. The largest absolute Gasteiger partial charge is 0.497 e. The molecule has 0 bridgehead atoms. The number of hydrogen-bond acceptors (Lipinski definition) is 4. The van der Waals surface area contributed by atoms with Crippen LogP contribution >= 0.6 is 11.8 Å². The third-order valence-electron chi connectivity index (χ3n) is 4.39. The Balaban J connectivity index is 1.75. The molecule has 1 fully saturated rings. The zero-order valence-electron chi connectivity index (χ0n) is 13.1. The van der Waals surface area contributed by atoms with E-state index in [0.29, 0.717) is 24.3 Å². The third kappa shape index (κ3) is 3.55. The number of methoxy groups -OCH3 is 1. The van der Waals surface area contributed by atoms with Crippen molar-refractivity contribution in [3.8, 4) is 5.75 Å². The van der Waals surface area contributed by atoms with E-state index in [9.17, 15) is 0 Å². The van der Waals surface area contributed by atoms with Gasteiger partial charge in [0.2, 0.25) is 0 Å². The highest BCUT2D eigenvalue weighted by Crippen LogP contribution is 2.39. The van der Waals surface area contributed by atoms with Gasteiger partial charge in [-0.25, -0.2) is 0 Å². The fraction of sp³-hybridized carbons (Fsp3) is 0.647. The van der Waals surface area contributed by atoms with Crippen molar-refractivity contribution < 1.29 is 9.47 Å². The second-order valence-electron chi connectivity index (χ2n) is 6.19. The molecule has 116 valence electrons. The number of ether oxygens (including phenoxy) is 2. The fourth-order valence-electron chi connectivity index (χ4n) is 3.50. The van der Waals surface area contributed by atoms with Crippen LogP contribution in [-0.2, 0) is 4.74 Å². The monoisotopic (exact) mass is 307 g/mol. The van der Waals surface area contributed by atoms with Crippen LogP contribution in [0.5, 0.6) is 5.75 Å². The zero-order valence-corrected chi connectivity index (χ0v) is 13.9. The summed E-state index contributed by atoms with van der Waals surface area (Å²) in [6.07, 6.45) is 4.11. The Morgan fingerprint density at radius 3 is 2.71 bits per heavy atom. The minimum atomic E-state index is 0.356. The molecule has 0 saturated carbocycles. The number of thioether (sulfide) groups is 1. The van der Waals surface area contributed by atoms with E-state index in [2.05, 4.69) is 37.4 Å². The maximum atomic E-state index is 5.85. The van der Waals surface area contributed by atoms with Crippen molar-refractivity contribution in [1.82, 2.24) is 5.32 Å². The maximum Gasteiger partial charge on any atom is 0.119 e. The summed E-state index contributed by atoms with van der Waals surface area (Å²) in [6, 6.07) is 7.45. The molecule has 21 heavy (non-hydrogen) atoms. The van der Waals surface area contributed by atoms with Crippen LogP contribution in [0.1, 0.15) is 44.7 Å². The molecule has 0 radical (unpaired) electrons. The van der Waals surface area contributed by atoms with Gasteiger partial charge in [-0.2, -0.15) is 0 Å². The highest BCUT2D eigenvalue weighted by molar-refractivity contribution is 7.99. The van der Waals surface area contributed by atoms with Crippen LogP contribution in [0.15, 0.2) is 23.1 Å². The molecule has 0 aromatic heterocycles. The first-order chi connectivity index (χ1) is 10.2. The Morgan fingerprint density at radius 1 is 1.24 bits per heavy atom. The number of fused-ring (bicyclic) bond motifs is 1. The predicted molar refractivity (Wildman–Crippen MR) is 87.2 cm³/mol. The molecule has 2 aliphatic heterocycles. The Labute approximate surface area is 131 Å². The highest BCUT2D eigenvalue weighted by Gasteiger charge is 2.29. The molecule has 2 aliphatic rings. The summed E-state index contributed by atoms with van der Waals surface area (Å²) in [5, 5.41) is 3.88. The van der Waals surface area contributed by atoms with Crippen molar-refractivity contribution in [1.29, 1.82) is 0 Å². The van der Waals surface area contributed by atoms with Gasteiger partial charge in [0.05, 0.1) is 19.3 Å². The van der Waals surface area contributed by atoms with E-state index in [1.807, 2.05) is 11.8 Å². The van der Waals surface area contributed by atoms with E-state index in [0.717, 1.165) is 18.6 Å². The van der Waals surface area contributed by atoms with Gasteiger partial charge in [0.25, 0.3) is 0 Å². The van der Waals surface area contributed by atoms with Crippen LogP contribution < -0.4 is 10.1 Å². The van der Waals surface area contributed by atoms with Crippen LogP contribution in [-0.4, -0.2) is 31.1 Å². The molecular formula is C17H25NO2S. The van der Waals surface area contributed by atoms with Gasteiger partial charge in [-0.1, -0.05) is 0 Å². The van der Waals surface area contributed by atoms with Crippen molar-refractivity contribution in [3.05, 3.63) is 23.8 Å². The summed E-state index contributed by atoms with van der Waals surface area (Å²) in [5.41, 5.74) is 1.40. The number of benzene rings is 1. The zero-order chi connectivity index (χ0) is 14.8. The molecular weight excluding hydrogens is 282 g/mol. The molecule has 0 amide bonds. The van der Waals surface area contributed by atoms with Gasteiger partial charge in [0.15, 0.2) is 0 Å². The van der Waals surface area contributed by atoms with E-state index >= 15 is 0 Å². The first kappa shape index (κ1) is 15.2. The molecule has 1 saturated heterocycles. The summed E-state index contributed by atoms with van der Waals surface area (Å²) in [5.74, 6) is 2.14. The first-order valence-corrected chi connectivity index (χ1v) is 8.86. The van der Waals surface area contributed by atoms with Gasteiger partial charge >= 0.3 is 0 Å². The van der Waals surface area contributed by atoms with Crippen molar-refractivity contribution in [3.63, 3.8) is 0 Å². The number of nitrogens with one attached hydrogen (secondary N) is 1. The molecule has 1 N–H and O–H groups in total. The Hall–Kier alpha value is -0.710. The average molecular weight is 307 g/mol. The summed E-state index contributed by atoms with van der Waals surface area (Å²) < 4.78 is 11.2. The molecule has 3 unspecified atom stereocenters. The molecule has 4 heteroatoms. The lowest BCUT2D eigenvalue weighted by atomic mass is 9.96. The second-order valence-corrected chi connectivity index (χ2v) is 7.32. The number of rotatable bonds is 3. The van der Waals surface area contributed by atoms with E-state index in [4.69, 9.17) is 9.47 Å². The summed E-state index contributed by atoms with van der Waals surface area (Å²) in [4.78, 5) is 1.40. The fourth-order valence-corrected chi connectivity index (χ4v) is 4.60. The molecule has 1 aromatic carbocycles. The molecule has 3 atom stereocenters. The van der Waals surface area contributed by atoms with Crippen molar-refractivity contribution >= 4 is 11.8 Å². The van der Waals surface area contributed by atoms with E-state index in [1.165, 1.54) is 22.6 Å². The van der Waals surface area contributed by atoms with Gasteiger partial charge in [-0.15, -0.1) is 11.8 Å². The Kier molecular flexibility index (Phi) is 4.77. The lowest BCUT2D eigenvalue weighted by molar-refractivity contribution is -0.0437. The molecule has 0 aliphatic carbocycles. The molecule has 3 nitrogen and oxygen atoms in total. The Morgan fingerprint density at radius 2 is 2.00 bits per heavy atom. The van der Waals surface area contributed by atoms with Gasteiger partial charge in [0.1, 0.15) is 5.75 Å². The smallest absolute Gasteiger partial charge is 0.119 e. The van der Waals surface area contributed by atoms with Gasteiger partial charge in [-0.05, 0) is 62.6 Å². The standard InChI is InChI=1S/C17H25NO2S/c1-11-8-13(9-12(2)20-11)18-16-6-7-21-17-5-4-14(19-3)10-15(16)17/h4-5,10-13,16,18H,6-9H2,1-3H3. The summed E-state index contributed by atoms with van der Waals surface area (Å²) >= 11 is 1.95. The van der Waals surface area contributed by atoms with Gasteiger partial charge < -0.3 is 14.8 Å². The quantitative estimate of drug-likeness (QED) is 0.920.